The van der Waals surface area contributed by atoms with Crippen molar-refractivity contribution in [2.45, 2.75) is 45.4 Å². The van der Waals surface area contributed by atoms with E-state index in [0.29, 0.717) is 23.3 Å². The fourth-order valence-electron chi connectivity index (χ4n) is 3.55. The Kier molecular flexibility index (Phi) is 4.42. The summed E-state index contributed by atoms with van der Waals surface area (Å²) >= 11 is 0. The molecule has 3 rings (SSSR count). The van der Waals surface area contributed by atoms with Crippen LogP contribution in [-0.2, 0) is 6.42 Å². The lowest BCUT2D eigenvalue weighted by atomic mass is 9.80. The molecule has 0 N–H and O–H groups in total. The molecular formula is C19H21F3. The monoisotopic (exact) mass is 306 g/mol. The molecule has 118 valence electrons. The highest BCUT2D eigenvalue weighted by Gasteiger charge is 2.20. The molecule has 1 saturated carbocycles. The first kappa shape index (κ1) is 15.4. The van der Waals surface area contributed by atoms with Crippen molar-refractivity contribution in [3.63, 3.8) is 0 Å². The summed E-state index contributed by atoms with van der Waals surface area (Å²) in [7, 11) is 0. The summed E-state index contributed by atoms with van der Waals surface area (Å²) in [5.41, 5.74) is 0.370. The molecule has 0 amide bonds. The van der Waals surface area contributed by atoms with E-state index in [2.05, 4.69) is 6.92 Å². The topological polar surface area (TPSA) is 0 Å². The number of hydrogen-bond donors (Lipinski definition) is 0. The second kappa shape index (κ2) is 6.31. The second-order valence-corrected chi connectivity index (χ2v) is 6.67. The predicted molar refractivity (Wildman–Crippen MR) is 83.3 cm³/mol. The van der Waals surface area contributed by atoms with Gasteiger partial charge in [-0.05, 0) is 47.8 Å². The van der Waals surface area contributed by atoms with E-state index in [-0.39, 0.29) is 5.39 Å². The molecule has 0 aliphatic heterocycles. The molecule has 0 nitrogen and oxygen atoms in total. The van der Waals surface area contributed by atoms with E-state index in [4.69, 9.17) is 0 Å². The maximum atomic E-state index is 14.2. The number of benzene rings is 2. The van der Waals surface area contributed by atoms with Crippen LogP contribution in [-0.4, -0.2) is 0 Å². The summed E-state index contributed by atoms with van der Waals surface area (Å²) in [6.07, 6.45) is 6.20. The molecule has 0 unspecified atom stereocenters. The van der Waals surface area contributed by atoms with Crippen molar-refractivity contribution in [3.8, 4) is 0 Å². The Bertz CT molecular complexity index is 670. The quantitative estimate of drug-likeness (QED) is 0.651. The fraction of sp³-hybridized carbons (Fsp3) is 0.474. The van der Waals surface area contributed by atoms with E-state index in [9.17, 15) is 13.2 Å². The van der Waals surface area contributed by atoms with Crippen LogP contribution in [0.15, 0.2) is 24.3 Å². The molecular weight excluding hydrogens is 285 g/mol. The Balaban J connectivity index is 1.81. The zero-order valence-corrected chi connectivity index (χ0v) is 12.8. The number of fused-ring (bicyclic) bond motifs is 1. The van der Waals surface area contributed by atoms with Gasteiger partial charge in [-0.25, -0.2) is 13.2 Å². The number of halogens is 3. The van der Waals surface area contributed by atoms with Crippen LogP contribution in [0.25, 0.3) is 10.8 Å². The normalized spacial score (nSPS) is 22.2. The Morgan fingerprint density at radius 1 is 1.00 bits per heavy atom. The molecule has 0 spiro atoms. The molecule has 2 aromatic carbocycles. The van der Waals surface area contributed by atoms with Crippen molar-refractivity contribution in [2.24, 2.45) is 11.8 Å². The van der Waals surface area contributed by atoms with E-state index in [1.165, 1.54) is 31.7 Å². The first-order valence-electron chi connectivity index (χ1n) is 8.11. The maximum absolute atomic E-state index is 14.2. The minimum atomic E-state index is -1.05. The molecule has 1 aliphatic carbocycles. The third kappa shape index (κ3) is 2.99. The van der Waals surface area contributed by atoms with Crippen LogP contribution in [0.5, 0.6) is 0 Å². The van der Waals surface area contributed by atoms with Crippen molar-refractivity contribution in [2.75, 3.05) is 0 Å². The van der Waals surface area contributed by atoms with Gasteiger partial charge in [0.15, 0.2) is 11.6 Å². The largest absolute Gasteiger partial charge is 0.206 e. The fourth-order valence-corrected chi connectivity index (χ4v) is 3.55. The Morgan fingerprint density at radius 3 is 2.45 bits per heavy atom. The summed E-state index contributed by atoms with van der Waals surface area (Å²) in [5, 5.41) is 0.196. The molecule has 0 saturated heterocycles. The smallest absolute Gasteiger partial charge is 0.169 e. The summed E-state index contributed by atoms with van der Waals surface area (Å²) in [6.45, 7) is 2.27. The summed E-state index contributed by atoms with van der Waals surface area (Å²) in [4.78, 5) is 0. The molecule has 1 fully saturated rings. The molecule has 0 heterocycles. The van der Waals surface area contributed by atoms with Gasteiger partial charge in [0, 0.05) is 0 Å². The first-order valence-corrected chi connectivity index (χ1v) is 8.11. The number of rotatable bonds is 3. The van der Waals surface area contributed by atoms with Gasteiger partial charge in [-0.3, -0.25) is 0 Å². The van der Waals surface area contributed by atoms with Crippen molar-refractivity contribution in [1.29, 1.82) is 0 Å². The minimum Gasteiger partial charge on any atom is -0.206 e. The van der Waals surface area contributed by atoms with E-state index in [1.807, 2.05) is 0 Å². The molecule has 0 aromatic heterocycles. The molecule has 1 aliphatic rings. The highest BCUT2D eigenvalue weighted by Crippen LogP contribution is 2.32. The number of hydrogen-bond acceptors (Lipinski definition) is 0. The van der Waals surface area contributed by atoms with Gasteiger partial charge in [-0.1, -0.05) is 44.7 Å². The Labute approximate surface area is 129 Å². The van der Waals surface area contributed by atoms with Crippen LogP contribution in [0, 0.1) is 29.3 Å². The van der Waals surface area contributed by atoms with Gasteiger partial charge in [0.25, 0.3) is 0 Å². The van der Waals surface area contributed by atoms with Gasteiger partial charge in [-0.15, -0.1) is 0 Å². The third-order valence-electron chi connectivity index (χ3n) is 5.03. The van der Waals surface area contributed by atoms with E-state index >= 15 is 0 Å². The minimum absolute atomic E-state index is 0.241. The molecule has 3 heteroatoms. The van der Waals surface area contributed by atoms with Crippen LogP contribution < -0.4 is 0 Å². The summed E-state index contributed by atoms with van der Waals surface area (Å²) in [6, 6.07) is 5.92. The van der Waals surface area contributed by atoms with Crippen molar-refractivity contribution >= 4 is 10.8 Å². The average Bonchev–Trinajstić information content (AvgIpc) is 2.51. The van der Waals surface area contributed by atoms with Crippen molar-refractivity contribution in [1.82, 2.24) is 0 Å². The molecule has 2 aromatic rings. The van der Waals surface area contributed by atoms with Gasteiger partial charge in [-0.2, -0.15) is 0 Å². The van der Waals surface area contributed by atoms with E-state index in [1.54, 1.807) is 12.1 Å². The summed E-state index contributed by atoms with van der Waals surface area (Å²) in [5.74, 6) is -1.26. The maximum Gasteiger partial charge on any atom is 0.169 e. The van der Waals surface area contributed by atoms with E-state index in [0.717, 1.165) is 18.4 Å². The Hall–Kier alpha value is -1.51. The zero-order valence-electron chi connectivity index (χ0n) is 12.8. The summed E-state index contributed by atoms with van der Waals surface area (Å²) < 4.78 is 42.0. The average molecular weight is 306 g/mol. The molecule has 0 bridgehead atoms. The van der Waals surface area contributed by atoms with Gasteiger partial charge >= 0.3 is 0 Å². The highest BCUT2D eigenvalue weighted by atomic mass is 19.2. The molecule has 0 radical (unpaired) electrons. The third-order valence-corrected chi connectivity index (χ3v) is 5.03. The van der Waals surface area contributed by atoms with Crippen LogP contribution >= 0.6 is 0 Å². The van der Waals surface area contributed by atoms with Crippen LogP contribution in [0.3, 0.4) is 0 Å². The van der Waals surface area contributed by atoms with Gasteiger partial charge < -0.3 is 0 Å². The highest BCUT2D eigenvalue weighted by molar-refractivity contribution is 5.84. The van der Waals surface area contributed by atoms with E-state index < -0.39 is 17.5 Å². The van der Waals surface area contributed by atoms with Crippen molar-refractivity contribution < 1.29 is 13.2 Å². The molecule has 0 atom stereocenters. The predicted octanol–water partition coefficient (Wildman–Crippen LogP) is 6.02. The van der Waals surface area contributed by atoms with Gasteiger partial charge in [0.05, 0.1) is 5.39 Å². The lowest BCUT2D eigenvalue weighted by Gasteiger charge is -2.26. The lowest BCUT2D eigenvalue weighted by molar-refractivity contribution is 0.277. The Morgan fingerprint density at radius 2 is 1.73 bits per heavy atom. The van der Waals surface area contributed by atoms with Gasteiger partial charge in [0.2, 0.25) is 0 Å². The van der Waals surface area contributed by atoms with Crippen LogP contribution in [0.2, 0.25) is 0 Å². The van der Waals surface area contributed by atoms with Crippen LogP contribution in [0.4, 0.5) is 13.2 Å². The first-order chi connectivity index (χ1) is 10.6. The zero-order chi connectivity index (χ0) is 15.7. The van der Waals surface area contributed by atoms with Gasteiger partial charge in [0.1, 0.15) is 5.82 Å². The van der Waals surface area contributed by atoms with Crippen LogP contribution in [0.1, 0.15) is 44.6 Å². The second-order valence-electron chi connectivity index (χ2n) is 6.67. The lowest BCUT2D eigenvalue weighted by Crippen LogP contribution is -2.13. The number of aryl methyl sites for hydroxylation is 1. The molecule has 22 heavy (non-hydrogen) atoms. The SMILES string of the molecule is CC1CCC(CCc2cc3cccc(F)c3c(F)c2F)CC1. The van der Waals surface area contributed by atoms with Crippen molar-refractivity contribution in [3.05, 3.63) is 47.3 Å². The standard InChI is InChI=1S/C19H21F3/c1-12-5-7-13(8-6-12)9-10-15-11-14-3-2-4-16(20)17(14)19(22)18(15)21/h2-4,11-13H,5-10H2,1H3.